The van der Waals surface area contributed by atoms with Crippen molar-refractivity contribution >= 4 is 5.91 Å². The summed E-state index contributed by atoms with van der Waals surface area (Å²) in [5.41, 5.74) is 2.83. The fraction of sp³-hybridized carbons (Fsp3) is 0.200. The molecular weight excluding hydrogens is 270 g/mol. The SMILES string of the molecule is CCCOc1cccc(-c2ccc(C(=O)NN)c(=O)[nH]2)c1. The van der Waals surface area contributed by atoms with E-state index in [9.17, 15) is 9.59 Å². The van der Waals surface area contributed by atoms with Crippen LogP contribution in [0.5, 0.6) is 5.75 Å². The van der Waals surface area contributed by atoms with E-state index in [1.165, 1.54) is 6.07 Å². The number of carbonyl (C=O) groups excluding carboxylic acids is 1. The second-order valence-electron chi connectivity index (χ2n) is 4.46. The maximum Gasteiger partial charge on any atom is 0.270 e. The number of pyridine rings is 1. The summed E-state index contributed by atoms with van der Waals surface area (Å²) >= 11 is 0. The third-order valence-corrected chi connectivity index (χ3v) is 2.90. The molecule has 1 heterocycles. The van der Waals surface area contributed by atoms with Gasteiger partial charge in [0.05, 0.1) is 6.61 Å². The summed E-state index contributed by atoms with van der Waals surface area (Å²) < 4.78 is 5.55. The van der Waals surface area contributed by atoms with Gasteiger partial charge in [-0.3, -0.25) is 15.0 Å². The van der Waals surface area contributed by atoms with Crippen molar-refractivity contribution in [3.8, 4) is 17.0 Å². The van der Waals surface area contributed by atoms with Crippen molar-refractivity contribution in [2.45, 2.75) is 13.3 Å². The minimum absolute atomic E-state index is 0.0281. The first-order valence-electron chi connectivity index (χ1n) is 6.63. The lowest BCUT2D eigenvalue weighted by Gasteiger charge is -2.07. The third-order valence-electron chi connectivity index (χ3n) is 2.90. The van der Waals surface area contributed by atoms with Crippen molar-refractivity contribution in [3.05, 3.63) is 52.3 Å². The molecule has 0 unspecified atom stereocenters. The van der Waals surface area contributed by atoms with E-state index in [1.54, 1.807) is 6.07 Å². The number of ether oxygens (including phenoxy) is 1. The van der Waals surface area contributed by atoms with Crippen molar-refractivity contribution < 1.29 is 9.53 Å². The summed E-state index contributed by atoms with van der Waals surface area (Å²) in [5.74, 6) is 5.13. The Morgan fingerprint density at radius 1 is 1.33 bits per heavy atom. The molecule has 4 N–H and O–H groups in total. The van der Waals surface area contributed by atoms with E-state index in [1.807, 2.05) is 36.6 Å². The monoisotopic (exact) mass is 287 g/mol. The molecule has 2 rings (SSSR count). The Morgan fingerprint density at radius 3 is 2.81 bits per heavy atom. The van der Waals surface area contributed by atoms with Crippen LogP contribution in [0.2, 0.25) is 0 Å². The highest BCUT2D eigenvalue weighted by atomic mass is 16.5. The summed E-state index contributed by atoms with van der Waals surface area (Å²) in [6.45, 7) is 2.66. The number of hydrazine groups is 1. The average molecular weight is 287 g/mol. The zero-order valence-corrected chi connectivity index (χ0v) is 11.7. The van der Waals surface area contributed by atoms with Crippen molar-refractivity contribution in [3.63, 3.8) is 0 Å². The van der Waals surface area contributed by atoms with Gasteiger partial charge in [-0.15, -0.1) is 0 Å². The van der Waals surface area contributed by atoms with Crippen molar-refractivity contribution in [2.24, 2.45) is 5.84 Å². The normalized spacial score (nSPS) is 10.2. The molecule has 2 aromatic rings. The predicted octanol–water partition coefficient (Wildman–Crippen LogP) is 1.43. The number of benzene rings is 1. The van der Waals surface area contributed by atoms with Crippen LogP contribution in [0, 0.1) is 0 Å². The molecule has 0 fully saturated rings. The maximum atomic E-state index is 11.9. The molecule has 1 aromatic heterocycles. The topological polar surface area (TPSA) is 97.2 Å². The van der Waals surface area contributed by atoms with Crippen LogP contribution in [0.15, 0.2) is 41.2 Å². The fourth-order valence-corrected chi connectivity index (χ4v) is 1.87. The number of H-pyrrole nitrogens is 1. The lowest BCUT2D eigenvalue weighted by atomic mass is 10.1. The van der Waals surface area contributed by atoms with E-state index in [4.69, 9.17) is 10.6 Å². The van der Waals surface area contributed by atoms with Gasteiger partial charge < -0.3 is 9.72 Å². The molecule has 0 bridgehead atoms. The van der Waals surface area contributed by atoms with Crippen LogP contribution in [0.3, 0.4) is 0 Å². The molecule has 1 amide bonds. The number of hydrogen-bond donors (Lipinski definition) is 3. The molecule has 21 heavy (non-hydrogen) atoms. The van der Waals surface area contributed by atoms with Crippen molar-refractivity contribution in [1.29, 1.82) is 0 Å². The first kappa shape index (κ1) is 14.8. The molecular formula is C15H17N3O3. The lowest BCUT2D eigenvalue weighted by molar-refractivity contribution is 0.0952. The van der Waals surface area contributed by atoms with E-state index >= 15 is 0 Å². The van der Waals surface area contributed by atoms with Crippen molar-refractivity contribution in [1.82, 2.24) is 10.4 Å². The number of nitrogen functional groups attached to an aromatic ring is 1. The van der Waals surface area contributed by atoms with Crippen LogP contribution in [-0.4, -0.2) is 17.5 Å². The Balaban J connectivity index is 2.32. The van der Waals surface area contributed by atoms with Gasteiger partial charge in [-0.2, -0.15) is 0 Å². The average Bonchev–Trinajstić information content (AvgIpc) is 2.52. The number of amides is 1. The van der Waals surface area contributed by atoms with Gasteiger partial charge >= 0.3 is 0 Å². The largest absolute Gasteiger partial charge is 0.494 e. The van der Waals surface area contributed by atoms with Crippen LogP contribution in [0.25, 0.3) is 11.3 Å². The Kier molecular flexibility index (Phi) is 4.73. The van der Waals surface area contributed by atoms with Gasteiger partial charge in [0.1, 0.15) is 11.3 Å². The zero-order chi connectivity index (χ0) is 15.2. The van der Waals surface area contributed by atoms with Crippen LogP contribution < -0.4 is 21.6 Å². The van der Waals surface area contributed by atoms with Crippen LogP contribution in [0.4, 0.5) is 0 Å². The van der Waals surface area contributed by atoms with E-state index in [2.05, 4.69) is 4.98 Å². The summed E-state index contributed by atoms with van der Waals surface area (Å²) in [6, 6.07) is 10.5. The van der Waals surface area contributed by atoms with Crippen LogP contribution >= 0.6 is 0 Å². The number of aromatic nitrogens is 1. The molecule has 0 spiro atoms. The molecule has 6 nitrogen and oxygen atoms in total. The number of carbonyl (C=O) groups is 1. The summed E-state index contributed by atoms with van der Waals surface area (Å²) in [7, 11) is 0. The number of nitrogens with two attached hydrogens (primary N) is 1. The van der Waals surface area contributed by atoms with Gasteiger partial charge in [0.15, 0.2) is 0 Å². The fourth-order valence-electron chi connectivity index (χ4n) is 1.87. The van der Waals surface area contributed by atoms with Gasteiger partial charge in [0.2, 0.25) is 0 Å². The van der Waals surface area contributed by atoms with Gasteiger partial charge in [-0.1, -0.05) is 19.1 Å². The molecule has 0 saturated carbocycles. The second kappa shape index (κ2) is 6.71. The zero-order valence-electron chi connectivity index (χ0n) is 11.7. The summed E-state index contributed by atoms with van der Waals surface area (Å²) in [6.07, 6.45) is 0.921. The summed E-state index contributed by atoms with van der Waals surface area (Å²) in [5, 5.41) is 0. The third kappa shape index (κ3) is 3.49. The highest BCUT2D eigenvalue weighted by Crippen LogP contribution is 2.21. The maximum absolute atomic E-state index is 11.9. The lowest BCUT2D eigenvalue weighted by Crippen LogP contribution is -2.34. The van der Waals surface area contributed by atoms with Gasteiger partial charge in [0, 0.05) is 11.3 Å². The van der Waals surface area contributed by atoms with E-state index < -0.39 is 11.5 Å². The Morgan fingerprint density at radius 2 is 2.14 bits per heavy atom. The Hall–Kier alpha value is -2.60. The molecule has 1 aromatic carbocycles. The second-order valence-corrected chi connectivity index (χ2v) is 4.46. The molecule has 0 aliphatic heterocycles. The van der Waals surface area contributed by atoms with Crippen LogP contribution in [-0.2, 0) is 0 Å². The first-order valence-corrected chi connectivity index (χ1v) is 6.63. The molecule has 0 aliphatic rings. The molecule has 110 valence electrons. The number of nitrogens with one attached hydrogen (secondary N) is 2. The smallest absolute Gasteiger partial charge is 0.270 e. The Labute approximate surface area is 121 Å². The van der Waals surface area contributed by atoms with Gasteiger partial charge in [-0.25, -0.2) is 5.84 Å². The van der Waals surface area contributed by atoms with E-state index in [-0.39, 0.29) is 5.56 Å². The van der Waals surface area contributed by atoms with Crippen molar-refractivity contribution in [2.75, 3.05) is 6.61 Å². The Bertz CT molecular complexity index is 695. The standard InChI is InChI=1S/C15H17N3O3/c1-2-8-21-11-5-3-4-10(9-11)13-7-6-12(14(19)17-13)15(20)18-16/h3-7,9H,2,8,16H2,1H3,(H,17,19)(H,18,20). The van der Waals surface area contributed by atoms with Crippen LogP contribution in [0.1, 0.15) is 23.7 Å². The molecule has 0 atom stereocenters. The molecule has 0 aliphatic carbocycles. The quantitative estimate of drug-likeness (QED) is 0.440. The predicted molar refractivity (Wildman–Crippen MR) is 79.9 cm³/mol. The van der Waals surface area contributed by atoms with Gasteiger partial charge in [-0.05, 0) is 30.7 Å². The molecule has 6 heteroatoms. The highest BCUT2D eigenvalue weighted by molar-refractivity contribution is 5.93. The highest BCUT2D eigenvalue weighted by Gasteiger charge is 2.10. The van der Waals surface area contributed by atoms with E-state index in [0.29, 0.717) is 12.3 Å². The number of hydrogen-bond acceptors (Lipinski definition) is 4. The number of aromatic amines is 1. The van der Waals surface area contributed by atoms with E-state index in [0.717, 1.165) is 17.7 Å². The molecule has 0 saturated heterocycles. The first-order chi connectivity index (χ1) is 10.2. The summed E-state index contributed by atoms with van der Waals surface area (Å²) in [4.78, 5) is 25.9. The molecule has 0 radical (unpaired) electrons. The minimum atomic E-state index is -0.622. The number of rotatable bonds is 5. The minimum Gasteiger partial charge on any atom is -0.494 e. The van der Waals surface area contributed by atoms with Gasteiger partial charge in [0.25, 0.3) is 11.5 Å².